The van der Waals surface area contributed by atoms with Crippen molar-refractivity contribution >= 4 is 29.3 Å². The molecule has 2 atom stereocenters. The molecular formula is C17H23ClN2O2. The van der Waals surface area contributed by atoms with E-state index in [0.29, 0.717) is 12.6 Å². The molecule has 120 valence electrons. The number of benzene rings is 1. The molecule has 2 N–H and O–H groups in total. The fraction of sp³-hybridized carbons (Fsp3) is 0.471. The Morgan fingerprint density at radius 2 is 2.23 bits per heavy atom. The molecule has 0 spiro atoms. The number of rotatable bonds is 4. The summed E-state index contributed by atoms with van der Waals surface area (Å²) in [4.78, 5) is 12.1. The van der Waals surface area contributed by atoms with Gasteiger partial charge in [0.2, 0.25) is 5.91 Å². The molecule has 22 heavy (non-hydrogen) atoms. The normalized spacial score (nSPS) is 21.3. The van der Waals surface area contributed by atoms with Crippen LogP contribution >= 0.6 is 12.4 Å². The molecule has 0 bridgehead atoms. The minimum absolute atomic E-state index is 0. The Labute approximate surface area is 137 Å². The lowest BCUT2D eigenvalue weighted by Gasteiger charge is -2.27. The van der Waals surface area contributed by atoms with E-state index in [0.717, 1.165) is 42.5 Å². The molecule has 5 heteroatoms. The van der Waals surface area contributed by atoms with Gasteiger partial charge < -0.3 is 15.1 Å². The fourth-order valence-corrected chi connectivity index (χ4v) is 2.98. The molecule has 2 heterocycles. The van der Waals surface area contributed by atoms with Crippen LogP contribution in [0, 0.1) is 5.92 Å². The van der Waals surface area contributed by atoms with Crippen LogP contribution in [0.5, 0.6) is 0 Å². The van der Waals surface area contributed by atoms with Crippen LogP contribution in [-0.2, 0) is 11.2 Å². The van der Waals surface area contributed by atoms with Gasteiger partial charge in [0, 0.05) is 30.3 Å². The quantitative estimate of drug-likeness (QED) is 0.910. The lowest BCUT2D eigenvalue weighted by molar-refractivity contribution is -0.126. The molecule has 0 saturated carbocycles. The minimum Gasteiger partial charge on any atom is -0.461 e. The van der Waals surface area contributed by atoms with Crippen LogP contribution < -0.4 is 10.6 Å². The predicted molar refractivity (Wildman–Crippen MR) is 90.4 cm³/mol. The summed E-state index contributed by atoms with van der Waals surface area (Å²) in [5.41, 5.74) is 0.908. The monoisotopic (exact) mass is 322 g/mol. The smallest absolute Gasteiger partial charge is 0.223 e. The molecule has 1 saturated heterocycles. The molecule has 1 aromatic carbocycles. The Hall–Kier alpha value is -1.52. The third-order valence-electron chi connectivity index (χ3n) is 4.14. The number of hydrogen-bond acceptors (Lipinski definition) is 3. The Kier molecular flexibility index (Phi) is 5.86. The average Bonchev–Trinajstić information content (AvgIpc) is 2.89. The van der Waals surface area contributed by atoms with Crippen molar-refractivity contribution in [1.82, 2.24) is 10.6 Å². The van der Waals surface area contributed by atoms with Crippen molar-refractivity contribution in [1.29, 1.82) is 0 Å². The maximum Gasteiger partial charge on any atom is 0.223 e. The Morgan fingerprint density at radius 3 is 3.00 bits per heavy atom. The molecule has 1 aromatic heterocycles. The van der Waals surface area contributed by atoms with Gasteiger partial charge in [-0.25, -0.2) is 0 Å². The first-order valence-corrected chi connectivity index (χ1v) is 7.71. The van der Waals surface area contributed by atoms with E-state index in [2.05, 4.69) is 17.6 Å². The number of fused-ring (bicyclic) bond motifs is 1. The Bertz CT molecular complexity index is 593. The summed E-state index contributed by atoms with van der Waals surface area (Å²) < 4.78 is 5.75. The van der Waals surface area contributed by atoms with Crippen LogP contribution in [0.3, 0.4) is 0 Å². The molecule has 3 rings (SSSR count). The second-order valence-corrected chi connectivity index (χ2v) is 5.87. The van der Waals surface area contributed by atoms with Crippen molar-refractivity contribution in [2.45, 2.75) is 32.2 Å². The number of nitrogens with one attached hydrogen (secondary N) is 2. The minimum atomic E-state index is 0. The average molecular weight is 323 g/mol. The van der Waals surface area contributed by atoms with Crippen molar-refractivity contribution in [3.05, 3.63) is 36.1 Å². The van der Waals surface area contributed by atoms with Gasteiger partial charge in [-0.3, -0.25) is 4.79 Å². The van der Waals surface area contributed by atoms with Gasteiger partial charge in [0.25, 0.3) is 0 Å². The van der Waals surface area contributed by atoms with E-state index in [4.69, 9.17) is 4.42 Å². The third-order valence-corrected chi connectivity index (χ3v) is 4.14. The zero-order valence-electron chi connectivity index (χ0n) is 12.8. The van der Waals surface area contributed by atoms with Crippen LogP contribution in [0.15, 0.2) is 34.7 Å². The fourth-order valence-electron chi connectivity index (χ4n) is 2.98. The Morgan fingerprint density at radius 1 is 1.41 bits per heavy atom. The number of amides is 1. The second kappa shape index (κ2) is 7.65. The summed E-state index contributed by atoms with van der Waals surface area (Å²) in [5.74, 6) is 1.26. The standard InChI is InChI=1S/C17H22N2O2.ClH/c1-12-10-14(6-8-18-12)17(20)19-9-7-15-11-13-4-2-3-5-16(13)21-15;/h2-5,11-12,14,18H,6-10H2,1H3,(H,19,20);1H/t12-,14-;/m0./s1. The van der Waals surface area contributed by atoms with Gasteiger partial charge in [0.15, 0.2) is 0 Å². The highest BCUT2D eigenvalue weighted by atomic mass is 35.5. The lowest BCUT2D eigenvalue weighted by atomic mass is 9.92. The van der Waals surface area contributed by atoms with Crippen LogP contribution in [0.1, 0.15) is 25.5 Å². The summed E-state index contributed by atoms with van der Waals surface area (Å²) >= 11 is 0. The number of piperidine rings is 1. The maximum atomic E-state index is 12.1. The molecule has 1 aliphatic heterocycles. The molecule has 4 nitrogen and oxygen atoms in total. The second-order valence-electron chi connectivity index (χ2n) is 5.87. The zero-order valence-corrected chi connectivity index (χ0v) is 13.6. The number of furan rings is 1. The van der Waals surface area contributed by atoms with Gasteiger partial charge in [0.1, 0.15) is 11.3 Å². The number of halogens is 1. The molecular weight excluding hydrogens is 300 g/mol. The van der Waals surface area contributed by atoms with E-state index in [-0.39, 0.29) is 24.2 Å². The molecule has 1 aliphatic rings. The van der Waals surface area contributed by atoms with E-state index in [1.165, 1.54) is 0 Å². The van der Waals surface area contributed by atoms with Crippen LogP contribution in [-0.4, -0.2) is 25.0 Å². The van der Waals surface area contributed by atoms with Gasteiger partial charge in [0.05, 0.1) is 0 Å². The highest BCUT2D eigenvalue weighted by molar-refractivity contribution is 5.85. The lowest BCUT2D eigenvalue weighted by Crippen LogP contribution is -2.42. The van der Waals surface area contributed by atoms with Gasteiger partial charge >= 0.3 is 0 Å². The van der Waals surface area contributed by atoms with Crippen molar-refractivity contribution in [2.24, 2.45) is 5.92 Å². The highest BCUT2D eigenvalue weighted by Gasteiger charge is 2.24. The summed E-state index contributed by atoms with van der Waals surface area (Å²) in [6.45, 7) is 3.70. The van der Waals surface area contributed by atoms with Crippen molar-refractivity contribution < 1.29 is 9.21 Å². The number of hydrogen-bond donors (Lipinski definition) is 2. The van der Waals surface area contributed by atoms with E-state index in [1.54, 1.807) is 0 Å². The van der Waals surface area contributed by atoms with Crippen molar-refractivity contribution in [3.63, 3.8) is 0 Å². The van der Waals surface area contributed by atoms with E-state index >= 15 is 0 Å². The molecule has 2 aromatic rings. The number of carbonyl (C=O) groups is 1. The zero-order chi connectivity index (χ0) is 14.7. The van der Waals surface area contributed by atoms with E-state index < -0.39 is 0 Å². The largest absolute Gasteiger partial charge is 0.461 e. The summed E-state index contributed by atoms with van der Waals surface area (Å²) in [5, 5.41) is 7.52. The van der Waals surface area contributed by atoms with Crippen molar-refractivity contribution in [3.8, 4) is 0 Å². The van der Waals surface area contributed by atoms with Crippen LogP contribution in [0.2, 0.25) is 0 Å². The highest BCUT2D eigenvalue weighted by Crippen LogP contribution is 2.19. The first-order chi connectivity index (χ1) is 10.2. The number of para-hydroxylation sites is 1. The number of carbonyl (C=O) groups excluding carboxylic acids is 1. The van der Waals surface area contributed by atoms with E-state index in [1.807, 2.05) is 30.3 Å². The summed E-state index contributed by atoms with van der Waals surface area (Å²) in [6.07, 6.45) is 2.60. The van der Waals surface area contributed by atoms with Crippen molar-refractivity contribution in [2.75, 3.05) is 13.1 Å². The topological polar surface area (TPSA) is 54.3 Å². The molecule has 0 radical (unpaired) electrons. The van der Waals surface area contributed by atoms with Gasteiger partial charge in [-0.1, -0.05) is 18.2 Å². The van der Waals surface area contributed by atoms with E-state index in [9.17, 15) is 4.79 Å². The molecule has 1 amide bonds. The summed E-state index contributed by atoms with van der Waals surface area (Å²) in [7, 11) is 0. The van der Waals surface area contributed by atoms with Gasteiger partial charge in [-0.2, -0.15) is 0 Å². The Balaban J connectivity index is 0.00000176. The third kappa shape index (κ3) is 4.02. The van der Waals surface area contributed by atoms with Crippen LogP contribution in [0.25, 0.3) is 11.0 Å². The molecule has 0 aliphatic carbocycles. The SMILES string of the molecule is C[C@H]1C[C@@H](C(=O)NCCc2cc3ccccc3o2)CCN1.Cl. The molecule has 1 fully saturated rings. The maximum absolute atomic E-state index is 12.1. The first kappa shape index (κ1) is 16.8. The predicted octanol–water partition coefficient (Wildman–Crippen LogP) is 2.90. The molecule has 0 unspecified atom stereocenters. The van der Waals surface area contributed by atoms with Gasteiger partial charge in [-0.05, 0) is 38.4 Å². The first-order valence-electron chi connectivity index (χ1n) is 7.71. The van der Waals surface area contributed by atoms with Gasteiger partial charge in [-0.15, -0.1) is 12.4 Å². The van der Waals surface area contributed by atoms with Crippen LogP contribution in [0.4, 0.5) is 0 Å². The summed E-state index contributed by atoms with van der Waals surface area (Å²) in [6, 6.07) is 10.5.